The highest BCUT2D eigenvalue weighted by Gasteiger charge is 2.49. The van der Waals surface area contributed by atoms with E-state index in [4.69, 9.17) is 5.73 Å². The molecule has 0 saturated heterocycles. The molecule has 0 fully saturated rings. The third kappa shape index (κ3) is 1.69. The fraction of sp³-hybridized carbons (Fsp3) is 0.667. The average Bonchev–Trinajstić information content (AvgIpc) is 2.30. The van der Waals surface area contributed by atoms with Crippen LogP contribution in [-0.4, -0.2) is 18.4 Å². The number of rotatable bonds is 2. The zero-order chi connectivity index (χ0) is 10.3. The van der Waals surface area contributed by atoms with Gasteiger partial charge in [-0.1, -0.05) is 32.6 Å². The molecule has 1 heterocycles. The second kappa shape index (κ2) is 3.17. The van der Waals surface area contributed by atoms with Crippen LogP contribution in [0.3, 0.4) is 0 Å². The molecule has 1 amide bonds. The smallest absolute Gasteiger partial charge is 0.225 e. The lowest BCUT2D eigenvalue weighted by Gasteiger charge is -2.39. The first-order chi connectivity index (χ1) is 5.79. The van der Waals surface area contributed by atoms with Gasteiger partial charge in [0, 0.05) is 4.37 Å². The van der Waals surface area contributed by atoms with Gasteiger partial charge in [-0.05, 0) is 5.41 Å². The molecule has 0 aromatic carbocycles. The minimum atomic E-state index is -1.37. The fourth-order valence-electron chi connectivity index (χ4n) is 1.53. The van der Waals surface area contributed by atoms with Crippen LogP contribution in [0.4, 0.5) is 0 Å². The number of amides is 1. The first-order valence-electron chi connectivity index (χ1n) is 4.43. The van der Waals surface area contributed by atoms with Crippen LogP contribution in [0.2, 0.25) is 19.6 Å². The molecule has 0 radical (unpaired) electrons. The van der Waals surface area contributed by atoms with E-state index in [2.05, 4.69) is 26.6 Å². The Morgan fingerprint density at radius 1 is 1.54 bits per heavy atom. The molecule has 0 spiro atoms. The van der Waals surface area contributed by atoms with E-state index in [1.165, 1.54) is 0 Å². The van der Waals surface area contributed by atoms with Crippen LogP contribution in [0.5, 0.6) is 0 Å². The van der Waals surface area contributed by atoms with Gasteiger partial charge < -0.3 is 5.73 Å². The van der Waals surface area contributed by atoms with E-state index in [0.29, 0.717) is 0 Å². The molecule has 2 atom stereocenters. The number of nitrogens with two attached hydrogens (primary N) is 1. The molecule has 13 heavy (non-hydrogen) atoms. The second-order valence-corrected chi connectivity index (χ2v) is 11.9. The molecule has 74 valence electrons. The summed E-state index contributed by atoms with van der Waals surface area (Å²) in [6.45, 7) is 9.01. The predicted octanol–water partition coefficient (Wildman–Crippen LogP) is 1.98. The maximum Gasteiger partial charge on any atom is 0.225 e. The molecular formula is C9H17NOSSi. The van der Waals surface area contributed by atoms with E-state index in [-0.39, 0.29) is 16.2 Å². The van der Waals surface area contributed by atoms with Gasteiger partial charge in [0.05, 0.1) is 14.0 Å². The van der Waals surface area contributed by atoms with Crippen LogP contribution >= 0.6 is 11.8 Å². The minimum absolute atomic E-state index is 0.0405. The van der Waals surface area contributed by atoms with Crippen molar-refractivity contribution in [2.75, 3.05) is 0 Å². The first-order valence-corrected chi connectivity index (χ1v) is 8.81. The van der Waals surface area contributed by atoms with Crippen LogP contribution < -0.4 is 5.73 Å². The van der Waals surface area contributed by atoms with Crippen molar-refractivity contribution in [1.29, 1.82) is 0 Å². The summed E-state index contributed by atoms with van der Waals surface area (Å²) >= 11 is 1.77. The summed E-state index contributed by atoms with van der Waals surface area (Å²) in [5.41, 5.74) is 5.39. The predicted molar refractivity (Wildman–Crippen MR) is 61.2 cm³/mol. The zero-order valence-electron chi connectivity index (χ0n) is 8.63. The SMILES string of the molecule is CC1([Si](C)(C)C)SC=CC1C(N)=O. The van der Waals surface area contributed by atoms with Gasteiger partial charge in [0.2, 0.25) is 5.91 Å². The Morgan fingerprint density at radius 3 is 2.38 bits per heavy atom. The summed E-state index contributed by atoms with van der Waals surface area (Å²) in [5, 5.41) is 2.02. The van der Waals surface area contributed by atoms with E-state index in [1.807, 2.05) is 11.5 Å². The first kappa shape index (κ1) is 10.9. The van der Waals surface area contributed by atoms with E-state index in [0.717, 1.165) is 0 Å². The number of hydrogen-bond donors (Lipinski definition) is 1. The van der Waals surface area contributed by atoms with Crippen molar-refractivity contribution >= 4 is 25.7 Å². The monoisotopic (exact) mass is 215 g/mol. The Balaban J connectivity index is 2.99. The summed E-state index contributed by atoms with van der Waals surface area (Å²) in [4.78, 5) is 11.2. The highest BCUT2D eigenvalue weighted by molar-refractivity contribution is 8.05. The Labute approximate surface area is 85.0 Å². The normalized spacial score (nSPS) is 33.7. The third-order valence-electron chi connectivity index (χ3n) is 2.97. The molecule has 1 aliphatic heterocycles. The topological polar surface area (TPSA) is 43.1 Å². The van der Waals surface area contributed by atoms with Crippen LogP contribution in [0, 0.1) is 5.92 Å². The number of primary amides is 1. The van der Waals surface area contributed by atoms with Gasteiger partial charge in [-0.3, -0.25) is 4.79 Å². The van der Waals surface area contributed by atoms with Gasteiger partial charge >= 0.3 is 0 Å². The molecule has 4 heteroatoms. The second-order valence-electron chi connectivity index (χ2n) is 4.68. The van der Waals surface area contributed by atoms with Gasteiger partial charge in [0.1, 0.15) is 0 Å². The molecule has 0 saturated carbocycles. The fourth-order valence-corrected chi connectivity index (χ4v) is 5.18. The van der Waals surface area contributed by atoms with Gasteiger partial charge in [-0.2, -0.15) is 0 Å². The van der Waals surface area contributed by atoms with Crippen LogP contribution in [-0.2, 0) is 4.79 Å². The molecule has 0 aromatic rings. The van der Waals surface area contributed by atoms with Crippen molar-refractivity contribution in [3.63, 3.8) is 0 Å². The molecular weight excluding hydrogens is 198 g/mol. The van der Waals surface area contributed by atoms with Crippen molar-refractivity contribution in [2.24, 2.45) is 11.7 Å². The summed E-state index contributed by atoms with van der Waals surface area (Å²) in [6.07, 6.45) is 1.95. The molecule has 0 bridgehead atoms. The van der Waals surface area contributed by atoms with Gasteiger partial charge in [0.25, 0.3) is 0 Å². The standard InChI is InChI=1S/C9H17NOSSi/c1-9(13(2,3)4)7(8(10)11)5-6-12-9/h5-7H,1-4H3,(H2,10,11). The van der Waals surface area contributed by atoms with Gasteiger partial charge in [-0.25, -0.2) is 0 Å². The molecule has 1 rings (SSSR count). The Hall–Kier alpha value is -0.223. The number of carbonyl (C=O) groups is 1. The largest absolute Gasteiger partial charge is 0.369 e. The van der Waals surface area contributed by atoms with Crippen molar-refractivity contribution < 1.29 is 4.79 Å². The van der Waals surface area contributed by atoms with E-state index < -0.39 is 8.07 Å². The third-order valence-corrected chi connectivity index (χ3v) is 9.49. The highest BCUT2D eigenvalue weighted by atomic mass is 32.2. The lowest BCUT2D eigenvalue weighted by molar-refractivity contribution is -0.120. The van der Waals surface area contributed by atoms with Crippen molar-refractivity contribution in [2.45, 2.75) is 30.9 Å². The minimum Gasteiger partial charge on any atom is -0.369 e. The quantitative estimate of drug-likeness (QED) is 0.716. The van der Waals surface area contributed by atoms with Crippen molar-refractivity contribution in [3.8, 4) is 0 Å². The van der Waals surface area contributed by atoms with E-state index in [9.17, 15) is 4.79 Å². The maximum absolute atomic E-state index is 11.2. The summed E-state index contributed by atoms with van der Waals surface area (Å²) in [6, 6.07) is 0. The van der Waals surface area contributed by atoms with Crippen LogP contribution in [0.25, 0.3) is 0 Å². The maximum atomic E-state index is 11.2. The lowest BCUT2D eigenvalue weighted by Crippen LogP contribution is -2.53. The van der Waals surface area contributed by atoms with Crippen molar-refractivity contribution in [3.05, 3.63) is 11.5 Å². The number of thioether (sulfide) groups is 1. The Morgan fingerprint density at radius 2 is 2.08 bits per heavy atom. The average molecular weight is 215 g/mol. The Bertz CT molecular complexity index is 259. The van der Waals surface area contributed by atoms with Gasteiger partial charge in [0.15, 0.2) is 0 Å². The summed E-state index contributed by atoms with van der Waals surface area (Å²) < 4.78 is 0.0405. The van der Waals surface area contributed by atoms with E-state index in [1.54, 1.807) is 11.8 Å². The van der Waals surface area contributed by atoms with E-state index >= 15 is 0 Å². The molecule has 2 nitrogen and oxygen atoms in total. The van der Waals surface area contributed by atoms with Crippen LogP contribution in [0.15, 0.2) is 11.5 Å². The molecule has 0 aliphatic carbocycles. The number of carbonyl (C=O) groups excluding carboxylic acids is 1. The summed E-state index contributed by atoms with van der Waals surface area (Å²) in [7, 11) is -1.37. The van der Waals surface area contributed by atoms with Gasteiger partial charge in [-0.15, -0.1) is 11.8 Å². The molecule has 2 N–H and O–H groups in total. The lowest BCUT2D eigenvalue weighted by atomic mass is 10.1. The number of hydrogen-bond acceptors (Lipinski definition) is 2. The highest BCUT2D eigenvalue weighted by Crippen LogP contribution is 2.46. The Kier molecular flexibility index (Phi) is 2.65. The molecule has 2 unspecified atom stereocenters. The molecule has 0 aromatic heterocycles. The van der Waals surface area contributed by atoms with Crippen LogP contribution in [0.1, 0.15) is 6.92 Å². The zero-order valence-corrected chi connectivity index (χ0v) is 10.4. The van der Waals surface area contributed by atoms with Crippen molar-refractivity contribution in [1.82, 2.24) is 0 Å². The summed E-state index contributed by atoms with van der Waals surface area (Å²) in [5.74, 6) is -0.268. The molecule has 1 aliphatic rings.